The number of hydrazone groups is 1. The Morgan fingerprint density at radius 3 is 2.37 bits per heavy atom. The lowest BCUT2D eigenvalue weighted by Crippen LogP contribution is -2.00. The summed E-state index contributed by atoms with van der Waals surface area (Å²) in [6, 6.07) is 24.5. The average molecular weight is 352 g/mol. The van der Waals surface area contributed by atoms with E-state index in [-0.39, 0.29) is 0 Å². The molecular formula is C23H20N4. The van der Waals surface area contributed by atoms with Gasteiger partial charge < -0.3 is 0 Å². The molecule has 0 atom stereocenters. The van der Waals surface area contributed by atoms with Crippen LogP contribution in [0.5, 0.6) is 0 Å². The summed E-state index contributed by atoms with van der Waals surface area (Å²) < 4.78 is 0. The van der Waals surface area contributed by atoms with Crippen molar-refractivity contribution in [3.05, 3.63) is 89.5 Å². The Balaban J connectivity index is 1.71. The predicted octanol–water partition coefficient (Wildman–Crippen LogP) is 5.36. The Labute approximate surface area is 158 Å². The summed E-state index contributed by atoms with van der Waals surface area (Å²) in [6.45, 7) is 4.14. The minimum Gasteiger partial charge on any atom is -0.245 e. The number of rotatable bonds is 4. The molecule has 0 spiro atoms. The van der Waals surface area contributed by atoms with Gasteiger partial charge in [-0.1, -0.05) is 72.3 Å². The number of anilines is 1. The van der Waals surface area contributed by atoms with E-state index in [1.54, 1.807) is 6.21 Å². The highest BCUT2D eigenvalue weighted by molar-refractivity contribution is 5.93. The van der Waals surface area contributed by atoms with Crippen molar-refractivity contribution in [2.24, 2.45) is 5.10 Å². The average Bonchev–Trinajstić information content (AvgIpc) is 2.69. The standard InChI is InChI=1S/C23H20N4/c1-16-11-13-18(14-12-16)22-20-9-5-6-10-21(20)25-23(26-22)27-24-15-19-8-4-3-7-17(19)2/h3-15H,1-2H3,(H,25,26,27). The Kier molecular flexibility index (Phi) is 4.62. The lowest BCUT2D eigenvalue weighted by molar-refractivity contribution is 1.15. The van der Waals surface area contributed by atoms with Crippen molar-refractivity contribution in [2.75, 3.05) is 5.43 Å². The van der Waals surface area contributed by atoms with Crippen molar-refractivity contribution >= 4 is 23.1 Å². The third-order valence-electron chi connectivity index (χ3n) is 4.48. The quantitative estimate of drug-likeness (QED) is 0.397. The number of aryl methyl sites for hydroxylation is 2. The van der Waals surface area contributed by atoms with Crippen LogP contribution in [0.15, 0.2) is 77.9 Å². The van der Waals surface area contributed by atoms with E-state index in [0.29, 0.717) is 5.95 Å². The highest BCUT2D eigenvalue weighted by atomic mass is 15.3. The zero-order valence-electron chi connectivity index (χ0n) is 15.3. The van der Waals surface area contributed by atoms with Gasteiger partial charge in [0.05, 0.1) is 17.4 Å². The molecule has 0 saturated heterocycles. The lowest BCUT2D eigenvalue weighted by Gasteiger charge is -2.09. The number of fused-ring (bicyclic) bond motifs is 1. The van der Waals surface area contributed by atoms with Gasteiger partial charge in [-0.05, 0) is 31.0 Å². The van der Waals surface area contributed by atoms with Crippen molar-refractivity contribution in [2.45, 2.75) is 13.8 Å². The van der Waals surface area contributed by atoms with Crippen molar-refractivity contribution in [1.29, 1.82) is 0 Å². The monoisotopic (exact) mass is 352 g/mol. The maximum Gasteiger partial charge on any atom is 0.244 e. The summed E-state index contributed by atoms with van der Waals surface area (Å²) in [6.07, 6.45) is 1.79. The van der Waals surface area contributed by atoms with Gasteiger partial charge in [0.2, 0.25) is 5.95 Å². The van der Waals surface area contributed by atoms with E-state index in [9.17, 15) is 0 Å². The summed E-state index contributed by atoms with van der Waals surface area (Å²) >= 11 is 0. The van der Waals surface area contributed by atoms with E-state index in [1.807, 2.05) is 42.5 Å². The van der Waals surface area contributed by atoms with Crippen LogP contribution in [-0.2, 0) is 0 Å². The summed E-state index contributed by atoms with van der Waals surface area (Å²) in [4.78, 5) is 9.32. The van der Waals surface area contributed by atoms with Gasteiger partial charge in [0.15, 0.2) is 0 Å². The fourth-order valence-corrected chi connectivity index (χ4v) is 2.95. The van der Waals surface area contributed by atoms with Gasteiger partial charge >= 0.3 is 0 Å². The fourth-order valence-electron chi connectivity index (χ4n) is 2.95. The largest absolute Gasteiger partial charge is 0.245 e. The van der Waals surface area contributed by atoms with Crippen LogP contribution in [0, 0.1) is 13.8 Å². The van der Waals surface area contributed by atoms with Gasteiger partial charge in [-0.3, -0.25) is 0 Å². The first-order valence-electron chi connectivity index (χ1n) is 8.89. The Morgan fingerprint density at radius 2 is 1.56 bits per heavy atom. The van der Waals surface area contributed by atoms with E-state index >= 15 is 0 Å². The van der Waals surface area contributed by atoms with E-state index in [2.05, 4.69) is 59.7 Å². The first-order valence-corrected chi connectivity index (χ1v) is 8.89. The molecule has 0 amide bonds. The summed E-state index contributed by atoms with van der Waals surface area (Å²) in [5, 5.41) is 5.35. The topological polar surface area (TPSA) is 50.2 Å². The second kappa shape index (κ2) is 7.38. The Hall–Kier alpha value is -3.53. The smallest absolute Gasteiger partial charge is 0.244 e. The molecule has 1 N–H and O–H groups in total. The zero-order valence-corrected chi connectivity index (χ0v) is 15.3. The molecule has 4 heteroatoms. The Bertz CT molecular complexity index is 1110. The van der Waals surface area contributed by atoms with Crippen LogP contribution in [-0.4, -0.2) is 16.2 Å². The molecule has 4 rings (SSSR count). The second-order valence-corrected chi connectivity index (χ2v) is 6.51. The molecule has 0 aliphatic rings. The number of hydrogen-bond acceptors (Lipinski definition) is 4. The molecule has 0 aliphatic heterocycles. The molecule has 4 nitrogen and oxygen atoms in total. The van der Waals surface area contributed by atoms with Gasteiger partial charge in [0, 0.05) is 10.9 Å². The lowest BCUT2D eigenvalue weighted by atomic mass is 10.1. The van der Waals surface area contributed by atoms with Gasteiger partial charge in [-0.25, -0.2) is 15.4 Å². The molecule has 1 aromatic heterocycles. The number of para-hydroxylation sites is 1. The number of nitrogens with one attached hydrogen (secondary N) is 1. The molecule has 0 unspecified atom stereocenters. The maximum atomic E-state index is 4.72. The van der Waals surface area contributed by atoms with Crippen LogP contribution in [0.2, 0.25) is 0 Å². The first kappa shape index (κ1) is 16.9. The predicted molar refractivity (Wildman–Crippen MR) is 112 cm³/mol. The van der Waals surface area contributed by atoms with E-state index in [0.717, 1.165) is 27.7 Å². The number of hydrogen-bond donors (Lipinski definition) is 1. The van der Waals surface area contributed by atoms with Crippen LogP contribution in [0.4, 0.5) is 5.95 Å². The second-order valence-electron chi connectivity index (χ2n) is 6.51. The summed E-state index contributed by atoms with van der Waals surface area (Å²) in [5.41, 5.74) is 9.27. The van der Waals surface area contributed by atoms with E-state index in [1.165, 1.54) is 11.1 Å². The van der Waals surface area contributed by atoms with E-state index < -0.39 is 0 Å². The molecule has 1 heterocycles. The Morgan fingerprint density at radius 1 is 0.815 bits per heavy atom. The normalized spacial score (nSPS) is 11.2. The minimum absolute atomic E-state index is 0.481. The number of nitrogens with zero attached hydrogens (tertiary/aromatic N) is 3. The van der Waals surface area contributed by atoms with Gasteiger partial charge in [0.1, 0.15) is 0 Å². The first-order chi connectivity index (χ1) is 13.2. The molecule has 0 radical (unpaired) electrons. The minimum atomic E-state index is 0.481. The van der Waals surface area contributed by atoms with Crippen molar-refractivity contribution in [3.8, 4) is 11.3 Å². The molecule has 4 aromatic rings. The number of benzene rings is 3. The molecular weight excluding hydrogens is 332 g/mol. The van der Waals surface area contributed by atoms with Gasteiger partial charge in [-0.15, -0.1) is 0 Å². The molecule has 0 saturated carbocycles. The molecule has 0 fully saturated rings. The number of aromatic nitrogens is 2. The summed E-state index contributed by atoms with van der Waals surface area (Å²) in [5.74, 6) is 0.481. The zero-order chi connectivity index (χ0) is 18.6. The maximum absolute atomic E-state index is 4.72. The van der Waals surface area contributed by atoms with Crippen LogP contribution in [0.1, 0.15) is 16.7 Å². The van der Waals surface area contributed by atoms with Crippen molar-refractivity contribution in [1.82, 2.24) is 9.97 Å². The third-order valence-corrected chi connectivity index (χ3v) is 4.48. The van der Waals surface area contributed by atoms with Gasteiger partial charge in [-0.2, -0.15) is 5.10 Å². The van der Waals surface area contributed by atoms with Crippen molar-refractivity contribution in [3.63, 3.8) is 0 Å². The van der Waals surface area contributed by atoms with Crippen molar-refractivity contribution < 1.29 is 0 Å². The van der Waals surface area contributed by atoms with Crippen LogP contribution in [0.25, 0.3) is 22.2 Å². The van der Waals surface area contributed by atoms with Crippen LogP contribution < -0.4 is 5.43 Å². The van der Waals surface area contributed by atoms with Crippen LogP contribution in [0.3, 0.4) is 0 Å². The summed E-state index contributed by atoms with van der Waals surface area (Å²) in [7, 11) is 0. The third kappa shape index (κ3) is 3.70. The highest BCUT2D eigenvalue weighted by Gasteiger charge is 2.09. The molecule has 0 aliphatic carbocycles. The highest BCUT2D eigenvalue weighted by Crippen LogP contribution is 2.27. The molecule has 3 aromatic carbocycles. The SMILES string of the molecule is Cc1ccc(-c2nc(NN=Cc3ccccc3C)nc3ccccc23)cc1. The molecule has 132 valence electrons. The molecule has 27 heavy (non-hydrogen) atoms. The van der Waals surface area contributed by atoms with Crippen LogP contribution >= 0.6 is 0 Å². The molecule has 0 bridgehead atoms. The van der Waals surface area contributed by atoms with E-state index in [4.69, 9.17) is 4.98 Å². The van der Waals surface area contributed by atoms with Gasteiger partial charge in [0.25, 0.3) is 0 Å². The fraction of sp³-hybridized carbons (Fsp3) is 0.0870.